The summed E-state index contributed by atoms with van der Waals surface area (Å²) in [6, 6.07) is 1.81. The molecule has 0 saturated heterocycles. The quantitative estimate of drug-likeness (QED) is 0.529. The SMILES string of the molecule is CC(C#N)C[SH](=O)=O. The van der Waals surface area contributed by atoms with Gasteiger partial charge < -0.3 is 0 Å². The Morgan fingerprint density at radius 2 is 2.25 bits per heavy atom. The van der Waals surface area contributed by atoms with E-state index >= 15 is 0 Å². The molecule has 0 aliphatic carbocycles. The van der Waals surface area contributed by atoms with Crippen LogP contribution >= 0.6 is 0 Å². The van der Waals surface area contributed by atoms with Gasteiger partial charge in [-0.15, -0.1) is 0 Å². The average molecular weight is 133 g/mol. The first kappa shape index (κ1) is 7.44. The minimum absolute atomic E-state index is 0.0220. The van der Waals surface area contributed by atoms with Crippen LogP contribution in [0.3, 0.4) is 0 Å². The van der Waals surface area contributed by atoms with E-state index in [1.807, 2.05) is 6.07 Å². The van der Waals surface area contributed by atoms with Gasteiger partial charge in [0.2, 0.25) is 0 Å². The van der Waals surface area contributed by atoms with Crippen molar-refractivity contribution in [2.45, 2.75) is 6.92 Å². The van der Waals surface area contributed by atoms with E-state index in [0.717, 1.165) is 0 Å². The standard InChI is InChI=1S/C4H7NO2S/c1-4(2-5)3-8(6)7/h4,8H,3H2,1H3. The highest BCUT2D eigenvalue weighted by Crippen LogP contribution is 1.89. The van der Waals surface area contributed by atoms with Crippen LogP contribution in [-0.4, -0.2) is 14.2 Å². The van der Waals surface area contributed by atoms with Gasteiger partial charge in [-0.3, -0.25) is 0 Å². The Hall–Kier alpha value is -0.560. The molecule has 0 saturated carbocycles. The molecule has 0 amide bonds. The third-order valence-electron chi connectivity index (χ3n) is 0.643. The number of nitriles is 1. The van der Waals surface area contributed by atoms with Crippen LogP contribution in [0.15, 0.2) is 0 Å². The van der Waals surface area contributed by atoms with Gasteiger partial charge >= 0.3 is 0 Å². The maximum absolute atomic E-state index is 9.85. The Morgan fingerprint density at radius 1 is 1.75 bits per heavy atom. The van der Waals surface area contributed by atoms with Crippen molar-refractivity contribution < 1.29 is 8.42 Å². The van der Waals surface area contributed by atoms with Crippen LogP contribution in [0, 0.1) is 17.2 Å². The number of nitrogens with zero attached hydrogens (tertiary/aromatic N) is 1. The first-order valence-electron chi connectivity index (χ1n) is 2.18. The molecule has 0 aliphatic rings. The summed E-state index contributed by atoms with van der Waals surface area (Å²) in [6.07, 6.45) is 0. The fraction of sp³-hybridized carbons (Fsp3) is 0.750. The largest absolute Gasteiger partial charge is 0.232 e. The van der Waals surface area contributed by atoms with Gasteiger partial charge in [0.25, 0.3) is 0 Å². The second-order valence-electron chi connectivity index (χ2n) is 1.55. The zero-order valence-corrected chi connectivity index (χ0v) is 5.39. The summed E-state index contributed by atoms with van der Waals surface area (Å²) in [6.45, 7) is 1.57. The molecular weight excluding hydrogens is 126 g/mol. The lowest BCUT2D eigenvalue weighted by molar-refractivity contribution is 0.608. The summed E-state index contributed by atoms with van der Waals surface area (Å²) in [5.74, 6) is -0.387. The maximum atomic E-state index is 9.85. The smallest absolute Gasteiger partial charge is 0.141 e. The first-order chi connectivity index (χ1) is 3.66. The van der Waals surface area contributed by atoms with E-state index in [4.69, 9.17) is 5.26 Å². The topological polar surface area (TPSA) is 57.9 Å². The normalized spacial score (nSPS) is 13.1. The van der Waals surface area contributed by atoms with Gasteiger partial charge in [0.15, 0.2) is 0 Å². The van der Waals surface area contributed by atoms with Crippen LogP contribution in [0.2, 0.25) is 0 Å². The summed E-state index contributed by atoms with van der Waals surface area (Å²) in [5, 5.41) is 8.07. The molecule has 46 valence electrons. The van der Waals surface area contributed by atoms with Gasteiger partial charge in [-0.1, -0.05) is 0 Å². The van der Waals surface area contributed by atoms with Gasteiger partial charge in [0, 0.05) is 0 Å². The molecule has 0 spiro atoms. The van der Waals surface area contributed by atoms with E-state index < -0.39 is 10.7 Å². The van der Waals surface area contributed by atoms with E-state index in [9.17, 15) is 8.42 Å². The molecule has 0 rings (SSSR count). The maximum Gasteiger partial charge on any atom is 0.141 e. The molecule has 0 aliphatic heterocycles. The highest BCUT2D eigenvalue weighted by Gasteiger charge is 1.97. The predicted molar refractivity (Wildman–Crippen MR) is 30.0 cm³/mol. The van der Waals surface area contributed by atoms with Crippen molar-refractivity contribution in [1.82, 2.24) is 0 Å². The number of hydrogen-bond acceptors (Lipinski definition) is 3. The summed E-state index contributed by atoms with van der Waals surface area (Å²) in [5.41, 5.74) is 0. The fourth-order valence-corrected chi connectivity index (χ4v) is 0.793. The highest BCUT2D eigenvalue weighted by molar-refractivity contribution is 7.72. The monoisotopic (exact) mass is 133 g/mol. The first-order valence-corrected chi connectivity index (χ1v) is 3.54. The fourth-order valence-electron chi connectivity index (χ4n) is 0.264. The minimum Gasteiger partial charge on any atom is -0.232 e. The second-order valence-corrected chi connectivity index (χ2v) is 2.58. The molecule has 0 aromatic rings. The zero-order chi connectivity index (χ0) is 6.57. The molecule has 1 atom stereocenters. The van der Waals surface area contributed by atoms with Gasteiger partial charge in [-0.05, 0) is 6.92 Å². The summed E-state index contributed by atoms with van der Waals surface area (Å²) in [4.78, 5) is 0. The molecule has 0 N–H and O–H groups in total. The van der Waals surface area contributed by atoms with E-state index in [1.54, 1.807) is 6.92 Å². The lowest BCUT2D eigenvalue weighted by Gasteiger charge is -1.88. The van der Waals surface area contributed by atoms with Crippen molar-refractivity contribution in [1.29, 1.82) is 5.26 Å². The molecule has 8 heavy (non-hydrogen) atoms. The van der Waals surface area contributed by atoms with Crippen LogP contribution < -0.4 is 0 Å². The van der Waals surface area contributed by atoms with Crippen molar-refractivity contribution >= 4 is 10.7 Å². The van der Waals surface area contributed by atoms with Crippen molar-refractivity contribution in [3.63, 3.8) is 0 Å². The zero-order valence-electron chi connectivity index (χ0n) is 4.50. The van der Waals surface area contributed by atoms with Crippen molar-refractivity contribution in [2.24, 2.45) is 5.92 Å². The van der Waals surface area contributed by atoms with Crippen molar-refractivity contribution in [3.8, 4) is 6.07 Å². The highest BCUT2D eigenvalue weighted by atomic mass is 32.2. The molecule has 0 bridgehead atoms. The molecular formula is C4H7NO2S. The van der Waals surface area contributed by atoms with Gasteiger partial charge in [0.1, 0.15) is 10.7 Å². The van der Waals surface area contributed by atoms with Crippen molar-refractivity contribution in [3.05, 3.63) is 0 Å². The summed E-state index contributed by atoms with van der Waals surface area (Å²) >= 11 is 0. The van der Waals surface area contributed by atoms with E-state index in [1.165, 1.54) is 0 Å². The van der Waals surface area contributed by atoms with Crippen molar-refractivity contribution in [2.75, 3.05) is 5.75 Å². The lowest BCUT2D eigenvalue weighted by atomic mass is 10.3. The molecule has 0 aromatic carbocycles. The number of hydrogen-bond donors (Lipinski definition) is 1. The molecule has 1 unspecified atom stereocenters. The molecule has 3 nitrogen and oxygen atoms in total. The third-order valence-corrected chi connectivity index (χ3v) is 1.49. The van der Waals surface area contributed by atoms with Crippen LogP contribution in [0.25, 0.3) is 0 Å². The van der Waals surface area contributed by atoms with Crippen LogP contribution in [0.1, 0.15) is 6.92 Å². The number of thiol groups is 1. The van der Waals surface area contributed by atoms with Gasteiger partial charge in [-0.2, -0.15) is 5.26 Å². The molecule has 0 fully saturated rings. The Bertz CT molecular complexity index is 159. The third kappa shape index (κ3) is 3.62. The van der Waals surface area contributed by atoms with E-state index in [-0.39, 0.29) is 11.7 Å². The Morgan fingerprint density at radius 3 is 2.38 bits per heavy atom. The van der Waals surface area contributed by atoms with Gasteiger partial charge in [0.05, 0.1) is 17.7 Å². The molecule has 0 radical (unpaired) electrons. The van der Waals surface area contributed by atoms with Crippen LogP contribution in [-0.2, 0) is 10.7 Å². The van der Waals surface area contributed by atoms with Crippen LogP contribution in [0.4, 0.5) is 0 Å². The average Bonchev–Trinajstić information content (AvgIpc) is 1.65. The number of rotatable bonds is 2. The minimum atomic E-state index is -2.37. The molecule has 0 heterocycles. The second kappa shape index (κ2) is 3.44. The Balaban J connectivity index is 3.60. The summed E-state index contributed by atoms with van der Waals surface area (Å²) in [7, 11) is -2.37. The Labute approximate surface area is 49.9 Å². The van der Waals surface area contributed by atoms with Crippen LogP contribution in [0.5, 0.6) is 0 Å². The molecule has 0 aromatic heterocycles. The Kier molecular flexibility index (Phi) is 3.20. The predicted octanol–water partition coefficient (Wildman–Crippen LogP) is -0.243. The van der Waals surface area contributed by atoms with Gasteiger partial charge in [-0.25, -0.2) is 8.42 Å². The lowest BCUT2D eigenvalue weighted by Crippen LogP contribution is -1.98. The summed E-state index contributed by atoms with van der Waals surface area (Å²) < 4.78 is 19.7. The van der Waals surface area contributed by atoms with E-state index in [0.29, 0.717) is 0 Å². The molecule has 4 heteroatoms. The van der Waals surface area contributed by atoms with E-state index in [2.05, 4.69) is 0 Å².